The first-order valence-corrected chi connectivity index (χ1v) is 9.20. The molecule has 1 N–H and O–H groups in total. The second-order valence-electron chi connectivity index (χ2n) is 5.43. The zero-order valence-electron chi connectivity index (χ0n) is 12.8. The van der Waals surface area contributed by atoms with E-state index in [4.69, 9.17) is 9.29 Å². The van der Waals surface area contributed by atoms with Crippen molar-refractivity contribution in [3.63, 3.8) is 0 Å². The predicted molar refractivity (Wildman–Crippen MR) is 83.6 cm³/mol. The van der Waals surface area contributed by atoms with Crippen LogP contribution >= 0.6 is 0 Å². The van der Waals surface area contributed by atoms with E-state index in [0.717, 1.165) is 45.3 Å². The molecule has 0 aromatic carbocycles. The molecule has 0 aliphatic carbocycles. The Balaban J connectivity index is 3.08. The van der Waals surface area contributed by atoms with Gasteiger partial charge in [0.25, 0.3) is 10.1 Å². The fraction of sp³-hybridized carbons (Fsp3) is 0.867. The molecule has 0 radical (unpaired) electrons. The van der Waals surface area contributed by atoms with Gasteiger partial charge in [0.15, 0.2) is 0 Å². The Kier molecular flexibility index (Phi) is 12.1. The Morgan fingerprint density at radius 2 is 1.45 bits per heavy atom. The Morgan fingerprint density at radius 1 is 0.950 bits per heavy atom. The molecule has 0 saturated carbocycles. The molecule has 0 bridgehead atoms. The highest BCUT2D eigenvalue weighted by atomic mass is 32.2. The molecule has 0 aromatic rings. The SMILES string of the molecule is C=C(C)CCOCCCCCCCCCCS(=O)(=O)O. The summed E-state index contributed by atoms with van der Waals surface area (Å²) in [7, 11) is -3.76. The Morgan fingerprint density at radius 3 is 1.95 bits per heavy atom. The van der Waals surface area contributed by atoms with Gasteiger partial charge >= 0.3 is 0 Å². The molecule has 0 heterocycles. The predicted octanol–water partition coefficient (Wildman–Crippen LogP) is 3.98. The van der Waals surface area contributed by atoms with E-state index in [9.17, 15) is 8.42 Å². The monoisotopic (exact) mass is 306 g/mol. The fourth-order valence-electron chi connectivity index (χ4n) is 1.90. The molecule has 0 amide bonds. The van der Waals surface area contributed by atoms with E-state index >= 15 is 0 Å². The minimum atomic E-state index is -3.76. The molecular formula is C15H30O4S. The third-order valence-electron chi connectivity index (χ3n) is 3.11. The number of ether oxygens (including phenoxy) is 1. The lowest BCUT2D eigenvalue weighted by Gasteiger charge is -2.04. The summed E-state index contributed by atoms with van der Waals surface area (Å²) in [6.45, 7) is 7.46. The topological polar surface area (TPSA) is 63.6 Å². The van der Waals surface area contributed by atoms with Crippen molar-refractivity contribution < 1.29 is 17.7 Å². The van der Waals surface area contributed by atoms with Crippen molar-refractivity contribution in [1.82, 2.24) is 0 Å². The van der Waals surface area contributed by atoms with Gasteiger partial charge in [-0.1, -0.05) is 44.1 Å². The molecule has 0 atom stereocenters. The van der Waals surface area contributed by atoms with Crippen molar-refractivity contribution in [1.29, 1.82) is 0 Å². The molecule has 20 heavy (non-hydrogen) atoms. The minimum absolute atomic E-state index is 0.103. The van der Waals surface area contributed by atoms with Gasteiger partial charge in [-0.05, 0) is 26.2 Å². The second-order valence-corrected chi connectivity index (χ2v) is 7.01. The van der Waals surface area contributed by atoms with E-state index in [2.05, 4.69) is 6.58 Å². The molecule has 0 aliphatic heterocycles. The smallest absolute Gasteiger partial charge is 0.264 e. The van der Waals surface area contributed by atoms with Crippen molar-refractivity contribution >= 4 is 10.1 Å². The van der Waals surface area contributed by atoms with Crippen LogP contribution in [0.15, 0.2) is 12.2 Å². The second kappa shape index (κ2) is 12.4. The molecule has 0 aliphatic rings. The maximum absolute atomic E-state index is 10.5. The highest BCUT2D eigenvalue weighted by Gasteiger charge is 2.02. The summed E-state index contributed by atoms with van der Waals surface area (Å²) in [5.41, 5.74) is 1.17. The quantitative estimate of drug-likeness (QED) is 0.299. The Labute approximate surface area is 124 Å². The van der Waals surface area contributed by atoms with Crippen LogP contribution in [0.1, 0.15) is 64.7 Å². The highest BCUT2D eigenvalue weighted by molar-refractivity contribution is 7.85. The standard InChI is InChI=1S/C15H30O4S/c1-15(2)11-13-19-12-9-7-5-3-4-6-8-10-14-20(16,17)18/h1,3-14H2,2H3,(H,16,17,18). The fourth-order valence-corrected chi connectivity index (χ4v) is 2.47. The van der Waals surface area contributed by atoms with Crippen molar-refractivity contribution in [2.24, 2.45) is 0 Å². The largest absolute Gasteiger partial charge is 0.381 e. The van der Waals surface area contributed by atoms with Gasteiger partial charge in [0.1, 0.15) is 0 Å². The zero-order chi connectivity index (χ0) is 15.3. The first-order chi connectivity index (χ1) is 9.42. The van der Waals surface area contributed by atoms with E-state index < -0.39 is 10.1 Å². The molecule has 0 unspecified atom stereocenters. The van der Waals surface area contributed by atoms with Crippen LogP contribution in [0, 0.1) is 0 Å². The number of rotatable bonds is 14. The van der Waals surface area contributed by atoms with Gasteiger partial charge in [-0.2, -0.15) is 8.42 Å². The van der Waals surface area contributed by atoms with Gasteiger partial charge in [0.05, 0.1) is 12.4 Å². The molecular weight excluding hydrogens is 276 g/mol. The summed E-state index contributed by atoms with van der Waals surface area (Å²) < 4.78 is 35.0. The van der Waals surface area contributed by atoms with Crippen LogP contribution in [0.3, 0.4) is 0 Å². The Hall–Kier alpha value is -0.390. The van der Waals surface area contributed by atoms with Crippen molar-refractivity contribution in [3.05, 3.63) is 12.2 Å². The first-order valence-electron chi connectivity index (χ1n) is 7.59. The minimum Gasteiger partial charge on any atom is -0.381 e. The maximum Gasteiger partial charge on any atom is 0.264 e. The van der Waals surface area contributed by atoms with E-state index in [-0.39, 0.29) is 5.75 Å². The average Bonchev–Trinajstić information content (AvgIpc) is 2.33. The average molecular weight is 306 g/mol. The van der Waals surface area contributed by atoms with E-state index in [1.54, 1.807) is 0 Å². The summed E-state index contributed by atoms with van der Waals surface area (Å²) in [6, 6.07) is 0. The third-order valence-corrected chi connectivity index (χ3v) is 3.92. The molecule has 0 spiro atoms. The summed E-state index contributed by atoms with van der Waals surface area (Å²) >= 11 is 0. The van der Waals surface area contributed by atoms with Gasteiger partial charge < -0.3 is 4.74 Å². The summed E-state index contributed by atoms with van der Waals surface area (Å²) in [6.07, 6.45) is 9.28. The molecule has 4 nitrogen and oxygen atoms in total. The summed E-state index contributed by atoms with van der Waals surface area (Å²) in [5.74, 6) is -0.103. The normalized spacial score (nSPS) is 11.7. The summed E-state index contributed by atoms with van der Waals surface area (Å²) in [5, 5.41) is 0. The molecule has 0 aromatic heterocycles. The molecule has 5 heteroatoms. The van der Waals surface area contributed by atoms with Crippen molar-refractivity contribution in [2.45, 2.75) is 64.7 Å². The van der Waals surface area contributed by atoms with Gasteiger partial charge in [-0.3, -0.25) is 4.55 Å². The van der Waals surface area contributed by atoms with Crippen LogP contribution in [0.4, 0.5) is 0 Å². The van der Waals surface area contributed by atoms with Gasteiger partial charge in [-0.15, -0.1) is 6.58 Å². The third kappa shape index (κ3) is 17.6. The lowest BCUT2D eigenvalue weighted by atomic mass is 10.1. The number of unbranched alkanes of at least 4 members (excludes halogenated alkanes) is 7. The van der Waals surface area contributed by atoms with Gasteiger partial charge in [0.2, 0.25) is 0 Å². The van der Waals surface area contributed by atoms with Crippen LogP contribution in [0.5, 0.6) is 0 Å². The first kappa shape index (κ1) is 19.6. The molecule has 0 fully saturated rings. The molecule has 0 rings (SSSR count). The van der Waals surface area contributed by atoms with Crippen LogP contribution in [-0.2, 0) is 14.9 Å². The lowest BCUT2D eigenvalue weighted by Crippen LogP contribution is -2.03. The maximum atomic E-state index is 10.5. The van der Waals surface area contributed by atoms with Crippen LogP contribution in [0.2, 0.25) is 0 Å². The highest BCUT2D eigenvalue weighted by Crippen LogP contribution is 2.09. The molecule has 120 valence electrons. The van der Waals surface area contributed by atoms with Crippen LogP contribution in [-0.4, -0.2) is 31.9 Å². The molecule has 0 saturated heterocycles. The van der Waals surface area contributed by atoms with Gasteiger partial charge in [0, 0.05) is 6.61 Å². The van der Waals surface area contributed by atoms with E-state index in [0.29, 0.717) is 6.42 Å². The lowest BCUT2D eigenvalue weighted by molar-refractivity contribution is 0.133. The van der Waals surface area contributed by atoms with E-state index in [1.165, 1.54) is 24.8 Å². The number of hydrogen-bond acceptors (Lipinski definition) is 3. The van der Waals surface area contributed by atoms with Crippen molar-refractivity contribution in [2.75, 3.05) is 19.0 Å². The summed E-state index contributed by atoms with van der Waals surface area (Å²) in [4.78, 5) is 0. The zero-order valence-corrected chi connectivity index (χ0v) is 13.6. The Bertz CT molecular complexity index is 336. The van der Waals surface area contributed by atoms with Crippen LogP contribution in [0.25, 0.3) is 0 Å². The van der Waals surface area contributed by atoms with Crippen molar-refractivity contribution in [3.8, 4) is 0 Å². The van der Waals surface area contributed by atoms with Gasteiger partial charge in [-0.25, -0.2) is 0 Å². The van der Waals surface area contributed by atoms with E-state index in [1.807, 2.05) is 6.92 Å². The number of hydrogen-bond donors (Lipinski definition) is 1. The van der Waals surface area contributed by atoms with Crippen LogP contribution < -0.4 is 0 Å².